The van der Waals surface area contributed by atoms with E-state index >= 15 is 0 Å². The minimum absolute atomic E-state index is 0. The maximum absolute atomic E-state index is 12.6. The lowest BCUT2D eigenvalue weighted by Gasteiger charge is -2.32. The summed E-state index contributed by atoms with van der Waals surface area (Å²) in [5.74, 6) is 0.693. The Kier molecular flexibility index (Phi) is 7.16. The molecular formula is C17H25Cl2N3O2. The van der Waals surface area contributed by atoms with Crippen LogP contribution in [0, 0.1) is 0 Å². The van der Waals surface area contributed by atoms with E-state index in [1.165, 1.54) is 0 Å². The lowest BCUT2D eigenvalue weighted by molar-refractivity contribution is -0.137. The monoisotopic (exact) mass is 373 g/mol. The summed E-state index contributed by atoms with van der Waals surface area (Å²) in [4.78, 5) is 17.0. The lowest BCUT2D eigenvalue weighted by atomic mass is 10.2. The number of ether oxygens (including phenoxy) is 1. The summed E-state index contributed by atoms with van der Waals surface area (Å²) >= 11 is 5.95. The molecule has 2 unspecified atom stereocenters. The molecule has 2 heterocycles. The molecule has 1 N–H and O–H groups in total. The van der Waals surface area contributed by atoms with Gasteiger partial charge in [0.05, 0.1) is 0 Å². The van der Waals surface area contributed by atoms with Crippen molar-refractivity contribution in [2.75, 3.05) is 39.3 Å². The molecule has 0 aliphatic carbocycles. The van der Waals surface area contributed by atoms with Crippen molar-refractivity contribution in [3.05, 3.63) is 29.3 Å². The number of hydrogen-bond donors (Lipinski definition) is 1. The maximum atomic E-state index is 12.6. The van der Waals surface area contributed by atoms with Crippen LogP contribution in [0.2, 0.25) is 5.02 Å². The Bertz CT molecular complexity index is 552. The van der Waals surface area contributed by atoms with E-state index in [-0.39, 0.29) is 18.3 Å². The molecule has 1 aromatic carbocycles. The number of carbonyl (C=O) groups excluding carboxylic acids is 1. The second-order valence-electron chi connectivity index (χ2n) is 6.23. The average Bonchev–Trinajstić information content (AvgIpc) is 3.05. The van der Waals surface area contributed by atoms with Gasteiger partial charge >= 0.3 is 0 Å². The van der Waals surface area contributed by atoms with Crippen LogP contribution in [-0.2, 0) is 4.79 Å². The average molecular weight is 374 g/mol. The first kappa shape index (κ1) is 19.3. The quantitative estimate of drug-likeness (QED) is 0.876. The molecule has 2 saturated heterocycles. The van der Waals surface area contributed by atoms with Gasteiger partial charge < -0.3 is 15.0 Å². The molecule has 1 amide bonds. The highest BCUT2D eigenvalue weighted by molar-refractivity contribution is 6.30. The molecule has 5 nitrogen and oxygen atoms in total. The Balaban J connectivity index is 0.00000208. The molecule has 24 heavy (non-hydrogen) atoms. The Morgan fingerprint density at radius 1 is 1.33 bits per heavy atom. The number of nitrogens with zero attached hydrogens (tertiary/aromatic N) is 2. The van der Waals surface area contributed by atoms with Crippen molar-refractivity contribution in [1.82, 2.24) is 15.1 Å². The predicted octanol–water partition coefficient (Wildman–Crippen LogP) is 2.04. The van der Waals surface area contributed by atoms with Crippen LogP contribution in [0.3, 0.4) is 0 Å². The third-order valence-corrected chi connectivity index (χ3v) is 4.83. The van der Waals surface area contributed by atoms with Gasteiger partial charge in [-0.05, 0) is 31.5 Å². The molecule has 2 aliphatic heterocycles. The molecule has 0 saturated carbocycles. The number of likely N-dealkylation sites (tertiary alicyclic amines) is 1. The number of piperazine rings is 1. The molecule has 0 spiro atoms. The first-order valence-electron chi connectivity index (χ1n) is 8.29. The minimum atomic E-state index is -0.491. The third-order valence-electron chi connectivity index (χ3n) is 4.60. The Labute approximate surface area is 154 Å². The summed E-state index contributed by atoms with van der Waals surface area (Å²) < 4.78 is 5.75. The van der Waals surface area contributed by atoms with Crippen LogP contribution in [0.4, 0.5) is 0 Å². The van der Waals surface area contributed by atoms with E-state index in [1.54, 1.807) is 19.1 Å². The largest absolute Gasteiger partial charge is 0.481 e. The summed E-state index contributed by atoms with van der Waals surface area (Å²) in [7, 11) is 0. The minimum Gasteiger partial charge on any atom is -0.481 e. The molecule has 2 fully saturated rings. The number of rotatable bonds is 4. The Morgan fingerprint density at radius 3 is 2.79 bits per heavy atom. The van der Waals surface area contributed by atoms with Gasteiger partial charge in [-0.2, -0.15) is 0 Å². The molecule has 7 heteroatoms. The zero-order chi connectivity index (χ0) is 16.2. The first-order valence-corrected chi connectivity index (χ1v) is 8.67. The summed E-state index contributed by atoms with van der Waals surface area (Å²) in [5.41, 5.74) is 0. The van der Waals surface area contributed by atoms with E-state index in [9.17, 15) is 4.79 Å². The van der Waals surface area contributed by atoms with E-state index in [2.05, 4.69) is 10.2 Å². The molecule has 1 aromatic rings. The van der Waals surface area contributed by atoms with Crippen molar-refractivity contribution in [3.63, 3.8) is 0 Å². The SMILES string of the molecule is CC(Oc1cccc(Cl)c1)C(=O)N1CCC(N2CCNCC2)C1.Cl. The normalized spacial score (nSPS) is 22.8. The molecular weight excluding hydrogens is 349 g/mol. The number of carbonyl (C=O) groups is 1. The second-order valence-corrected chi connectivity index (χ2v) is 6.67. The second kappa shape index (κ2) is 8.90. The Morgan fingerprint density at radius 2 is 2.08 bits per heavy atom. The van der Waals surface area contributed by atoms with Gasteiger partial charge in [0.1, 0.15) is 5.75 Å². The van der Waals surface area contributed by atoms with Gasteiger partial charge in [-0.3, -0.25) is 9.69 Å². The van der Waals surface area contributed by atoms with E-state index in [4.69, 9.17) is 16.3 Å². The Hall–Kier alpha value is -1.01. The van der Waals surface area contributed by atoms with Crippen LogP contribution in [0.5, 0.6) is 5.75 Å². The zero-order valence-corrected chi connectivity index (χ0v) is 15.5. The number of nitrogens with one attached hydrogen (secondary N) is 1. The molecule has 0 radical (unpaired) electrons. The summed E-state index contributed by atoms with van der Waals surface area (Å²) in [6, 6.07) is 7.66. The van der Waals surface area contributed by atoms with Crippen LogP contribution in [0.1, 0.15) is 13.3 Å². The van der Waals surface area contributed by atoms with Gasteiger partial charge in [0.2, 0.25) is 0 Å². The molecule has 0 bridgehead atoms. The molecule has 3 rings (SSSR count). The van der Waals surface area contributed by atoms with E-state index in [0.717, 1.165) is 45.7 Å². The summed E-state index contributed by atoms with van der Waals surface area (Å²) in [6.45, 7) is 7.65. The molecule has 2 aliphatic rings. The number of benzene rings is 1. The van der Waals surface area contributed by atoms with Gasteiger partial charge in [0.15, 0.2) is 6.10 Å². The fourth-order valence-electron chi connectivity index (χ4n) is 3.34. The molecule has 2 atom stereocenters. The van der Waals surface area contributed by atoms with Crippen molar-refractivity contribution >= 4 is 29.9 Å². The lowest BCUT2D eigenvalue weighted by Crippen LogP contribution is -2.50. The highest BCUT2D eigenvalue weighted by atomic mass is 35.5. The standard InChI is InChI=1S/C17H24ClN3O2.ClH/c1-13(23-16-4-2-3-14(18)11-16)17(22)21-8-5-15(12-21)20-9-6-19-7-10-20;/h2-4,11,13,15,19H,5-10,12H2,1H3;1H. The van der Waals surface area contributed by atoms with Crippen LogP contribution in [0.25, 0.3) is 0 Å². The van der Waals surface area contributed by atoms with Crippen molar-refractivity contribution < 1.29 is 9.53 Å². The summed E-state index contributed by atoms with van der Waals surface area (Å²) in [5, 5.41) is 3.98. The fourth-order valence-corrected chi connectivity index (χ4v) is 3.52. The van der Waals surface area contributed by atoms with Crippen molar-refractivity contribution in [1.29, 1.82) is 0 Å². The topological polar surface area (TPSA) is 44.8 Å². The van der Waals surface area contributed by atoms with Gasteiger partial charge in [-0.1, -0.05) is 17.7 Å². The van der Waals surface area contributed by atoms with E-state index in [1.807, 2.05) is 17.0 Å². The fraction of sp³-hybridized carbons (Fsp3) is 0.588. The molecule has 0 aromatic heterocycles. The first-order chi connectivity index (χ1) is 11.1. The highest BCUT2D eigenvalue weighted by Gasteiger charge is 2.33. The number of amides is 1. The van der Waals surface area contributed by atoms with Gasteiger partial charge in [-0.15, -0.1) is 12.4 Å². The van der Waals surface area contributed by atoms with Crippen LogP contribution in [0.15, 0.2) is 24.3 Å². The van der Waals surface area contributed by atoms with E-state index < -0.39 is 6.10 Å². The van der Waals surface area contributed by atoms with Crippen molar-refractivity contribution in [2.45, 2.75) is 25.5 Å². The van der Waals surface area contributed by atoms with Crippen LogP contribution in [-0.4, -0.2) is 67.1 Å². The van der Waals surface area contributed by atoms with Crippen molar-refractivity contribution in [3.8, 4) is 5.75 Å². The smallest absolute Gasteiger partial charge is 0.263 e. The molecule has 134 valence electrons. The summed E-state index contributed by atoms with van der Waals surface area (Å²) in [6.07, 6.45) is 0.561. The maximum Gasteiger partial charge on any atom is 0.263 e. The number of hydrogen-bond acceptors (Lipinski definition) is 4. The highest BCUT2D eigenvalue weighted by Crippen LogP contribution is 2.21. The van der Waals surface area contributed by atoms with Crippen molar-refractivity contribution in [2.24, 2.45) is 0 Å². The van der Waals surface area contributed by atoms with Gasteiger partial charge in [0.25, 0.3) is 5.91 Å². The van der Waals surface area contributed by atoms with Gasteiger partial charge in [-0.25, -0.2) is 0 Å². The number of halogens is 2. The van der Waals surface area contributed by atoms with Crippen LogP contribution < -0.4 is 10.1 Å². The predicted molar refractivity (Wildman–Crippen MR) is 98.2 cm³/mol. The van der Waals surface area contributed by atoms with Gasteiger partial charge in [0, 0.05) is 50.3 Å². The van der Waals surface area contributed by atoms with E-state index in [0.29, 0.717) is 16.8 Å². The van der Waals surface area contributed by atoms with Crippen LogP contribution >= 0.6 is 24.0 Å². The third kappa shape index (κ3) is 4.76. The zero-order valence-electron chi connectivity index (χ0n) is 13.9.